The van der Waals surface area contributed by atoms with Crippen molar-refractivity contribution in [3.8, 4) is 0 Å². The van der Waals surface area contributed by atoms with Gasteiger partial charge in [-0.3, -0.25) is 0 Å². The topological polar surface area (TPSA) is 46.6 Å². The van der Waals surface area contributed by atoms with E-state index in [4.69, 9.17) is 4.74 Å². The molecule has 0 saturated carbocycles. The molecule has 1 aliphatic heterocycles. The van der Waals surface area contributed by atoms with Crippen molar-refractivity contribution in [2.75, 3.05) is 13.7 Å². The van der Waals surface area contributed by atoms with Crippen LogP contribution in [0.4, 0.5) is 4.39 Å². The molecule has 1 aliphatic rings. The standard InChI is InChI=1S/C14H20FNO3S/c1-9-7-12(15)8-10(2)14(9)20(17,18)16(4)13-5-6-19-11(13)3/h7-8,11,13H,5-6H2,1-4H3. The zero-order valence-corrected chi connectivity index (χ0v) is 13.0. The number of hydrogen-bond acceptors (Lipinski definition) is 3. The number of nitrogens with zero attached hydrogens (tertiary/aromatic N) is 1. The number of sulfonamides is 1. The molecule has 2 atom stereocenters. The average molecular weight is 301 g/mol. The molecule has 1 aromatic rings. The molecule has 0 N–H and O–H groups in total. The Morgan fingerprint density at radius 1 is 1.30 bits per heavy atom. The zero-order chi connectivity index (χ0) is 15.1. The predicted molar refractivity (Wildman–Crippen MR) is 74.6 cm³/mol. The van der Waals surface area contributed by atoms with E-state index in [1.807, 2.05) is 6.92 Å². The third kappa shape index (κ3) is 2.60. The second-order valence-electron chi connectivity index (χ2n) is 5.32. The van der Waals surface area contributed by atoms with Gasteiger partial charge in [-0.2, -0.15) is 4.31 Å². The molecule has 0 spiro atoms. The van der Waals surface area contributed by atoms with E-state index in [1.165, 1.54) is 16.4 Å². The maximum Gasteiger partial charge on any atom is 0.243 e. The van der Waals surface area contributed by atoms with Gasteiger partial charge in [0.1, 0.15) is 5.82 Å². The number of halogens is 1. The van der Waals surface area contributed by atoms with Crippen molar-refractivity contribution < 1.29 is 17.5 Å². The largest absolute Gasteiger partial charge is 0.377 e. The second-order valence-corrected chi connectivity index (χ2v) is 7.26. The summed E-state index contributed by atoms with van der Waals surface area (Å²) < 4.78 is 45.7. The summed E-state index contributed by atoms with van der Waals surface area (Å²) in [6.07, 6.45) is 0.548. The van der Waals surface area contributed by atoms with Gasteiger partial charge in [-0.25, -0.2) is 12.8 Å². The minimum Gasteiger partial charge on any atom is -0.377 e. The average Bonchev–Trinajstić information content (AvgIpc) is 2.72. The Hall–Kier alpha value is -0.980. The number of ether oxygens (including phenoxy) is 1. The fourth-order valence-electron chi connectivity index (χ4n) is 2.82. The number of rotatable bonds is 3. The summed E-state index contributed by atoms with van der Waals surface area (Å²) in [6, 6.07) is 2.33. The van der Waals surface area contributed by atoms with E-state index in [0.717, 1.165) is 0 Å². The van der Waals surface area contributed by atoms with E-state index < -0.39 is 15.8 Å². The van der Waals surface area contributed by atoms with Crippen LogP contribution in [-0.4, -0.2) is 38.5 Å². The van der Waals surface area contributed by atoms with E-state index in [-0.39, 0.29) is 17.0 Å². The van der Waals surface area contributed by atoms with Crippen LogP contribution in [0.25, 0.3) is 0 Å². The van der Waals surface area contributed by atoms with Crippen LogP contribution in [0.5, 0.6) is 0 Å². The molecular formula is C14H20FNO3S. The fourth-order valence-corrected chi connectivity index (χ4v) is 4.68. The van der Waals surface area contributed by atoms with Crippen molar-refractivity contribution in [2.24, 2.45) is 0 Å². The van der Waals surface area contributed by atoms with E-state index >= 15 is 0 Å². The van der Waals surface area contributed by atoms with Crippen molar-refractivity contribution >= 4 is 10.0 Å². The summed E-state index contributed by atoms with van der Waals surface area (Å²) in [5.41, 5.74) is 0.863. The van der Waals surface area contributed by atoms with Gasteiger partial charge >= 0.3 is 0 Å². The summed E-state index contributed by atoms with van der Waals surface area (Å²) >= 11 is 0. The number of benzene rings is 1. The van der Waals surface area contributed by atoms with Crippen molar-refractivity contribution in [1.82, 2.24) is 4.31 Å². The second kappa shape index (κ2) is 5.42. The summed E-state index contributed by atoms with van der Waals surface area (Å²) in [6.45, 7) is 5.66. The number of aryl methyl sites for hydroxylation is 2. The molecule has 0 aliphatic carbocycles. The van der Waals surface area contributed by atoms with E-state index in [1.54, 1.807) is 20.9 Å². The lowest BCUT2D eigenvalue weighted by molar-refractivity contribution is 0.102. The first-order chi connectivity index (χ1) is 9.25. The fraction of sp³-hybridized carbons (Fsp3) is 0.571. The Morgan fingerprint density at radius 3 is 2.30 bits per heavy atom. The summed E-state index contributed by atoms with van der Waals surface area (Å²) in [7, 11) is -2.08. The van der Waals surface area contributed by atoms with Gasteiger partial charge in [0.2, 0.25) is 10.0 Å². The van der Waals surface area contributed by atoms with Gasteiger partial charge in [-0.05, 0) is 50.5 Å². The molecule has 2 rings (SSSR count). The number of likely N-dealkylation sites (N-methyl/N-ethyl adjacent to an activating group) is 1. The molecule has 1 saturated heterocycles. The van der Waals surface area contributed by atoms with Gasteiger partial charge < -0.3 is 4.74 Å². The Bertz CT molecular complexity index is 592. The van der Waals surface area contributed by atoms with E-state index in [0.29, 0.717) is 24.2 Å². The molecule has 0 radical (unpaired) electrons. The Labute approximate surface area is 119 Å². The Morgan fingerprint density at radius 2 is 1.85 bits per heavy atom. The van der Waals surface area contributed by atoms with Gasteiger partial charge in [0.25, 0.3) is 0 Å². The highest BCUT2D eigenvalue weighted by Gasteiger charge is 2.36. The van der Waals surface area contributed by atoms with E-state index in [9.17, 15) is 12.8 Å². The van der Waals surface area contributed by atoms with E-state index in [2.05, 4.69) is 0 Å². The summed E-state index contributed by atoms with van der Waals surface area (Å²) in [5, 5.41) is 0. The van der Waals surface area contributed by atoms with Gasteiger partial charge in [0, 0.05) is 13.7 Å². The smallest absolute Gasteiger partial charge is 0.243 e. The quantitative estimate of drug-likeness (QED) is 0.860. The molecule has 4 nitrogen and oxygen atoms in total. The SMILES string of the molecule is Cc1cc(F)cc(C)c1S(=O)(=O)N(C)C1CCOC1C. The minimum absolute atomic E-state index is 0.129. The maximum atomic E-state index is 13.3. The van der Waals surface area contributed by atoms with Crippen LogP contribution >= 0.6 is 0 Å². The van der Waals surface area contributed by atoms with Crippen LogP contribution in [0, 0.1) is 19.7 Å². The lowest BCUT2D eigenvalue weighted by Gasteiger charge is -2.27. The van der Waals surface area contributed by atoms with Gasteiger partial charge in [-0.15, -0.1) is 0 Å². The van der Waals surface area contributed by atoms with Gasteiger partial charge in [0.05, 0.1) is 17.0 Å². The van der Waals surface area contributed by atoms with Crippen LogP contribution in [0.3, 0.4) is 0 Å². The Kier molecular flexibility index (Phi) is 4.18. The van der Waals surface area contributed by atoms with Crippen LogP contribution in [0.15, 0.2) is 17.0 Å². The molecule has 1 heterocycles. The first-order valence-electron chi connectivity index (χ1n) is 6.61. The van der Waals surface area contributed by atoms with Crippen molar-refractivity contribution in [1.29, 1.82) is 0 Å². The summed E-state index contributed by atoms with van der Waals surface area (Å²) in [5.74, 6) is -0.417. The summed E-state index contributed by atoms with van der Waals surface area (Å²) in [4.78, 5) is 0.195. The molecule has 0 bridgehead atoms. The zero-order valence-electron chi connectivity index (χ0n) is 12.2. The minimum atomic E-state index is -3.65. The van der Waals surface area contributed by atoms with Crippen LogP contribution < -0.4 is 0 Å². The van der Waals surface area contributed by atoms with Crippen molar-refractivity contribution in [3.05, 3.63) is 29.1 Å². The van der Waals surface area contributed by atoms with Crippen molar-refractivity contribution in [2.45, 2.75) is 44.2 Å². The van der Waals surface area contributed by atoms with Crippen LogP contribution in [0.1, 0.15) is 24.5 Å². The maximum absolute atomic E-state index is 13.3. The molecule has 1 fully saturated rings. The lowest BCUT2D eigenvalue weighted by atomic mass is 10.1. The molecule has 1 aromatic carbocycles. The lowest BCUT2D eigenvalue weighted by Crippen LogP contribution is -2.41. The molecule has 0 aromatic heterocycles. The van der Waals surface area contributed by atoms with Gasteiger partial charge in [0.15, 0.2) is 0 Å². The highest BCUT2D eigenvalue weighted by molar-refractivity contribution is 7.89. The highest BCUT2D eigenvalue weighted by Crippen LogP contribution is 2.28. The third-order valence-electron chi connectivity index (χ3n) is 3.87. The van der Waals surface area contributed by atoms with Crippen LogP contribution in [0.2, 0.25) is 0 Å². The molecule has 112 valence electrons. The molecule has 0 amide bonds. The molecule has 20 heavy (non-hydrogen) atoms. The predicted octanol–water partition coefficient (Wildman–Crippen LogP) is 2.24. The van der Waals surface area contributed by atoms with Gasteiger partial charge in [-0.1, -0.05) is 0 Å². The monoisotopic (exact) mass is 301 g/mol. The third-order valence-corrected chi connectivity index (χ3v) is 6.05. The number of hydrogen-bond donors (Lipinski definition) is 0. The molecule has 2 unspecified atom stereocenters. The molecule has 6 heteroatoms. The normalized spacial score (nSPS) is 23.5. The van der Waals surface area contributed by atoms with Crippen LogP contribution in [-0.2, 0) is 14.8 Å². The van der Waals surface area contributed by atoms with Crippen molar-refractivity contribution in [3.63, 3.8) is 0 Å². The first-order valence-corrected chi connectivity index (χ1v) is 8.05. The molecular weight excluding hydrogens is 281 g/mol. The Balaban J connectivity index is 2.45. The first kappa shape index (κ1) is 15.4. The highest BCUT2D eigenvalue weighted by atomic mass is 32.2.